The van der Waals surface area contributed by atoms with Gasteiger partial charge in [0.1, 0.15) is 0 Å². The first kappa shape index (κ1) is 23.0. The first-order valence-corrected chi connectivity index (χ1v) is 14.0. The summed E-state index contributed by atoms with van der Waals surface area (Å²) in [5.41, 5.74) is 15.0. The third-order valence-electron chi connectivity index (χ3n) is 8.97. The highest BCUT2D eigenvalue weighted by molar-refractivity contribution is 6.10. The van der Waals surface area contributed by atoms with Crippen molar-refractivity contribution >= 4 is 27.4 Å². The molecule has 2 aliphatic carbocycles. The highest BCUT2D eigenvalue weighted by atomic mass is 15.0. The minimum atomic E-state index is -0.418. The Labute approximate surface area is 235 Å². The number of hydrogen-bond donors (Lipinski definition) is 0. The van der Waals surface area contributed by atoms with E-state index >= 15 is 0 Å². The van der Waals surface area contributed by atoms with Gasteiger partial charge in [-0.2, -0.15) is 0 Å². The van der Waals surface area contributed by atoms with E-state index in [-0.39, 0.29) is 0 Å². The van der Waals surface area contributed by atoms with Gasteiger partial charge in [-0.25, -0.2) is 0 Å². The van der Waals surface area contributed by atoms with Crippen molar-refractivity contribution in [2.75, 3.05) is 0 Å². The van der Waals surface area contributed by atoms with Crippen molar-refractivity contribution < 1.29 is 0 Å². The van der Waals surface area contributed by atoms with Gasteiger partial charge in [-0.05, 0) is 71.0 Å². The molecule has 0 saturated heterocycles. The topological polar surface area (TPSA) is 4.93 Å². The lowest BCUT2D eigenvalue weighted by atomic mass is 9.69. The minimum absolute atomic E-state index is 0.418. The van der Waals surface area contributed by atoms with Crippen LogP contribution in [0.25, 0.3) is 44.2 Å². The Kier molecular flexibility index (Phi) is 4.79. The van der Waals surface area contributed by atoms with Crippen molar-refractivity contribution in [3.8, 4) is 16.8 Å². The molecule has 6 aromatic rings. The fraction of sp³-hybridized carbons (Fsp3) is 0.0769. The van der Waals surface area contributed by atoms with Crippen LogP contribution in [-0.2, 0) is 5.41 Å². The molecular formula is C39H29N. The van der Waals surface area contributed by atoms with Gasteiger partial charge in [0, 0.05) is 16.3 Å². The molecule has 1 unspecified atom stereocenters. The molecule has 0 bridgehead atoms. The van der Waals surface area contributed by atoms with Crippen LogP contribution in [0.4, 0.5) is 0 Å². The summed E-state index contributed by atoms with van der Waals surface area (Å²) in [4.78, 5) is 0. The van der Waals surface area contributed by atoms with E-state index in [2.05, 4.69) is 152 Å². The Hall–Kier alpha value is -4.88. The third kappa shape index (κ3) is 2.72. The number of nitrogens with zero attached hydrogens (tertiary/aromatic N) is 1. The van der Waals surface area contributed by atoms with E-state index in [0.717, 1.165) is 0 Å². The van der Waals surface area contributed by atoms with Gasteiger partial charge in [0.2, 0.25) is 0 Å². The number of aromatic nitrogens is 1. The third-order valence-corrected chi connectivity index (χ3v) is 8.97. The Bertz CT molecular complexity index is 2040. The van der Waals surface area contributed by atoms with E-state index in [1.807, 2.05) is 0 Å². The summed E-state index contributed by atoms with van der Waals surface area (Å²) in [5, 5.41) is 2.56. The molecule has 2 aliphatic rings. The van der Waals surface area contributed by atoms with Crippen molar-refractivity contribution in [2.24, 2.45) is 0 Å². The van der Waals surface area contributed by atoms with E-state index in [1.165, 1.54) is 77.6 Å². The van der Waals surface area contributed by atoms with Crippen molar-refractivity contribution in [3.63, 3.8) is 0 Å². The van der Waals surface area contributed by atoms with Crippen LogP contribution in [0.15, 0.2) is 140 Å². The summed E-state index contributed by atoms with van der Waals surface area (Å²) in [6.45, 7) is 8.71. The lowest BCUT2D eigenvalue weighted by Gasteiger charge is -2.31. The van der Waals surface area contributed by atoms with Gasteiger partial charge < -0.3 is 4.57 Å². The summed E-state index contributed by atoms with van der Waals surface area (Å²) in [5.74, 6) is 0. The average molecular weight is 512 g/mol. The fourth-order valence-corrected chi connectivity index (χ4v) is 7.56. The van der Waals surface area contributed by atoms with Gasteiger partial charge >= 0.3 is 0 Å². The van der Waals surface area contributed by atoms with E-state index in [0.29, 0.717) is 0 Å². The molecule has 5 aromatic carbocycles. The van der Waals surface area contributed by atoms with Crippen LogP contribution in [0.2, 0.25) is 0 Å². The highest BCUT2D eigenvalue weighted by Gasteiger charge is 2.52. The van der Waals surface area contributed by atoms with Crippen molar-refractivity contribution in [3.05, 3.63) is 167 Å². The van der Waals surface area contributed by atoms with E-state index < -0.39 is 5.41 Å². The number of allylic oxidation sites excluding steroid dienone is 5. The van der Waals surface area contributed by atoms with Gasteiger partial charge in [-0.3, -0.25) is 0 Å². The van der Waals surface area contributed by atoms with Gasteiger partial charge in [0.05, 0.1) is 22.1 Å². The van der Waals surface area contributed by atoms with E-state index in [1.54, 1.807) is 0 Å². The lowest BCUT2D eigenvalue weighted by molar-refractivity contribution is 0.785. The van der Waals surface area contributed by atoms with Crippen LogP contribution in [0.3, 0.4) is 0 Å². The summed E-state index contributed by atoms with van der Waals surface area (Å²) in [6.07, 6.45) is 6.51. The smallest absolute Gasteiger partial charge is 0.0726 e. The van der Waals surface area contributed by atoms with Crippen LogP contribution in [0.1, 0.15) is 34.7 Å². The van der Waals surface area contributed by atoms with Crippen LogP contribution < -0.4 is 0 Å². The molecule has 1 atom stereocenters. The molecule has 0 N–H and O–H groups in total. The maximum atomic E-state index is 4.40. The lowest BCUT2D eigenvalue weighted by Crippen LogP contribution is -2.26. The molecule has 40 heavy (non-hydrogen) atoms. The Morgan fingerprint density at radius 3 is 2.08 bits per heavy atom. The number of benzene rings is 5. The molecule has 0 saturated carbocycles. The van der Waals surface area contributed by atoms with Gasteiger partial charge in [0.25, 0.3) is 0 Å². The number of hydrogen-bond acceptors (Lipinski definition) is 0. The van der Waals surface area contributed by atoms with Crippen LogP contribution in [-0.4, -0.2) is 4.57 Å². The van der Waals surface area contributed by atoms with Crippen LogP contribution in [0.5, 0.6) is 0 Å². The zero-order valence-electron chi connectivity index (χ0n) is 22.8. The molecule has 8 rings (SSSR count). The zero-order valence-corrected chi connectivity index (χ0v) is 22.8. The second-order valence-corrected chi connectivity index (χ2v) is 10.9. The molecule has 0 amide bonds. The Morgan fingerprint density at radius 2 is 1.35 bits per heavy atom. The minimum Gasteiger partial charge on any atom is -0.309 e. The van der Waals surface area contributed by atoms with Crippen molar-refractivity contribution in [1.29, 1.82) is 0 Å². The van der Waals surface area contributed by atoms with Crippen molar-refractivity contribution in [1.82, 2.24) is 4.57 Å². The second-order valence-electron chi connectivity index (χ2n) is 10.9. The quantitative estimate of drug-likeness (QED) is 0.223. The fourth-order valence-electron chi connectivity index (χ4n) is 7.56. The maximum Gasteiger partial charge on any atom is 0.0726 e. The summed E-state index contributed by atoms with van der Waals surface area (Å²) in [7, 11) is 0. The van der Waals surface area contributed by atoms with Crippen LogP contribution >= 0.6 is 0 Å². The zero-order chi connectivity index (χ0) is 27.0. The summed E-state index contributed by atoms with van der Waals surface area (Å²) < 4.78 is 2.47. The normalized spacial score (nSPS) is 17.2. The Balaban J connectivity index is 1.58. The highest BCUT2D eigenvalue weighted by Crippen LogP contribution is 2.63. The molecular weight excluding hydrogens is 482 g/mol. The molecule has 0 aliphatic heterocycles. The molecule has 1 spiro atoms. The van der Waals surface area contributed by atoms with Crippen LogP contribution in [0, 0.1) is 6.92 Å². The standard InChI is InChI=1S/C39H29N/c1-4-13-26-27-14-6-9-17-32(27)39(31(26)5-2)33-18-12-21-37(38(33)30-23-22-25(3)24-34(30)39)40-35-19-10-7-15-28(35)29-16-8-11-20-36(29)40/h4-24H,2H2,1,3H3/b13-4-. The van der Waals surface area contributed by atoms with E-state index in [9.17, 15) is 0 Å². The molecule has 0 fully saturated rings. The summed E-state index contributed by atoms with van der Waals surface area (Å²) >= 11 is 0. The maximum absolute atomic E-state index is 4.40. The number of fused-ring (bicyclic) bond motifs is 10. The molecule has 1 nitrogen and oxygen atoms in total. The van der Waals surface area contributed by atoms with Gasteiger partial charge in [0.15, 0.2) is 0 Å². The number of para-hydroxylation sites is 2. The molecule has 1 heteroatoms. The first-order valence-electron chi connectivity index (χ1n) is 14.0. The SMILES string of the molecule is C=CC1=C(/C=C\C)c2ccccc2C12c1cc(C)ccc1-c1c(-n3c4ccccc4c4ccccc43)cccc12. The predicted molar refractivity (Wildman–Crippen MR) is 169 cm³/mol. The molecule has 0 radical (unpaired) electrons. The largest absolute Gasteiger partial charge is 0.309 e. The predicted octanol–water partition coefficient (Wildman–Crippen LogP) is 9.94. The molecule has 190 valence electrons. The number of rotatable bonds is 3. The Morgan fingerprint density at radius 1 is 0.675 bits per heavy atom. The van der Waals surface area contributed by atoms with Crippen molar-refractivity contribution in [2.45, 2.75) is 19.3 Å². The average Bonchev–Trinajstić information content (AvgIpc) is 3.58. The van der Waals surface area contributed by atoms with Gasteiger partial charge in [-0.15, -0.1) is 0 Å². The monoisotopic (exact) mass is 511 g/mol. The first-order chi connectivity index (χ1) is 19.7. The number of aryl methyl sites for hydroxylation is 1. The second kappa shape index (κ2) is 8.31. The molecule has 1 aromatic heterocycles. The van der Waals surface area contributed by atoms with Gasteiger partial charge in [-0.1, -0.05) is 121 Å². The summed E-state index contributed by atoms with van der Waals surface area (Å²) in [6, 6.07) is 40.4. The van der Waals surface area contributed by atoms with E-state index in [4.69, 9.17) is 0 Å². The molecule has 1 heterocycles.